The SMILES string of the molecule is C.CN1CCN(C(=O)OCCl)CC1.CN1CCN(C(=O)OCOc2ccc([N+](=O)[O-])c3cccnc23)CC1.CN1CCNCC1.O=C(Cl)OCCl. The summed E-state index contributed by atoms with van der Waals surface area (Å²) in [5, 5.41) is 14.7. The first-order valence-electron chi connectivity index (χ1n) is 15.7. The number of rotatable bonds is 6. The van der Waals surface area contributed by atoms with Crippen molar-refractivity contribution >= 4 is 69.0 Å². The lowest BCUT2D eigenvalue weighted by atomic mass is 10.1. The van der Waals surface area contributed by atoms with Gasteiger partial charge in [-0.25, -0.2) is 14.4 Å². The zero-order chi connectivity index (χ0) is 36.9. The standard InChI is InChI=1S/C16H18N4O5.C7H13ClN2O2.C5H12N2.C2H2Cl2O2.CH4/c1-18-7-9-19(10-8-18)16(21)25-11-24-14-5-4-13(20(22)23)12-3-2-6-17-15(12)14;1-9-2-4-10(5-3-9)7(11)12-6-8;1-7-4-2-6-3-5-7;3-1-6-2(4)5;/h2-6H,7-11H2,1H3;2-6H2,1H3;6H,2-5H2,1H3;1H2;1H4. The van der Waals surface area contributed by atoms with Crippen LogP contribution in [0.5, 0.6) is 5.75 Å². The molecule has 3 fully saturated rings. The number of carbonyl (C=O) groups is 3. The van der Waals surface area contributed by atoms with Gasteiger partial charge in [0.15, 0.2) is 12.1 Å². The summed E-state index contributed by atoms with van der Waals surface area (Å²) in [6.45, 7) is 10.5. The highest BCUT2D eigenvalue weighted by Gasteiger charge is 2.21. The Morgan fingerprint density at radius 1 is 0.804 bits per heavy atom. The molecule has 0 bridgehead atoms. The Hall–Kier alpha value is -3.45. The number of ether oxygens (including phenoxy) is 4. The number of nitro groups is 1. The molecule has 20 heteroatoms. The van der Waals surface area contributed by atoms with Crippen LogP contribution in [-0.2, 0) is 14.2 Å². The number of piperazine rings is 3. The lowest BCUT2D eigenvalue weighted by Crippen LogP contribution is -2.47. The molecule has 3 aliphatic heterocycles. The number of benzene rings is 1. The molecule has 17 nitrogen and oxygen atoms in total. The molecular weight excluding hydrogens is 735 g/mol. The summed E-state index contributed by atoms with van der Waals surface area (Å²) in [7, 11) is 6.18. The summed E-state index contributed by atoms with van der Waals surface area (Å²) in [6.07, 6.45) is 0.778. The third-order valence-electron chi connectivity index (χ3n) is 7.51. The van der Waals surface area contributed by atoms with Gasteiger partial charge < -0.3 is 48.8 Å². The minimum absolute atomic E-state index is 0. The van der Waals surface area contributed by atoms with Crippen molar-refractivity contribution in [3.63, 3.8) is 0 Å². The molecule has 288 valence electrons. The van der Waals surface area contributed by atoms with Gasteiger partial charge in [0.2, 0.25) is 6.79 Å². The van der Waals surface area contributed by atoms with E-state index < -0.39 is 16.4 Å². The van der Waals surface area contributed by atoms with Crippen molar-refractivity contribution in [3.05, 3.63) is 40.6 Å². The number of likely N-dealkylation sites (N-methyl/N-ethyl adjacent to an activating group) is 3. The highest BCUT2D eigenvalue weighted by atomic mass is 35.5. The summed E-state index contributed by atoms with van der Waals surface area (Å²) in [4.78, 5) is 57.3. The van der Waals surface area contributed by atoms with Crippen molar-refractivity contribution in [1.82, 2.24) is 34.8 Å². The molecule has 0 spiro atoms. The number of nitrogens with zero attached hydrogens (tertiary/aromatic N) is 7. The van der Waals surface area contributed by atoms with Crippen LogP contribution in [0, 0.1) is 10.1 Å². The van der Waals surface area contributed by atoms with E-state index in [-0.39, 0.29) is 38.1 Å². The molecule has 3 aliphatic rings. The van der Waals surface area contributed by atoms with Gasteiger partial charge in [-0.05, 0) is 39.3 Å². The number of pyridine rings is 1. The minimum atomic E-state index is -0.870. The molecule has 0 atom stereocenters. The highest BCUT2D eigenvalue weighted by molar-refractivity contribution is 6.61. The summed E-state index contributed by atoms with van der Waals surface area (Å²) in [5.41, 5.74) is -0.567. The molecule has 1 aromatic carbocycles. The van der Waals surface area contributed by atoms with Crippen LogP contribution in [0.2, 0.25) is 0 Å². The Morgan fingerprint density at radius 2 is 1.31 bits per heavy atom. The van der Waals surface area contributed by atoms with E-state index in [0.717, 1.165) is 52.4 Å². The van der Waals surface area contributed by atoms with Crippen LogP contribution in [0.4, 0.5) is 20.1 Å². The lowest BCUT2D eigenvalue weighted by Gasteiger charge is -2.31. The van der Waals surface area contributed by atoms with Crippen molar-refractivity contribution in [2.24, 2.45) is 0 Å². The molecule has 2 amide bonds. The van der Waals surface area contributed by atoms with Crippen molar-refractivity contribution in [2.45, 2.75) is 7.43 Å². The van der Waals surface area contributed by atoms with Gasteiger partial charge in [-0.15, -0.1) is 0 Å². The maximum atomic E-state index is 12.0. The Kier molecular flexibility index (Phi) is 22.8. The van der Waals surface area contributed by atoms with Gasteiger partial charge in [-0.1, -0.05) is 30.6 Å². The van der Waals surface area contributed by atoms with Crippen molar-refractivity contribution in [1.29, 1.82) is 0 Å². The molecule has 4 heterocycles. The van der Waals surface area contributed by atoms with E-state index in [1.807, 2.05) is 14.1 Å². The zero-order valence-electron chi connectivity index (χ0n) is 28.4. The Labute approximate surface area is 313 Å². The molecule has 5 rings (SSSR count). The van der Waals surface area contributed by atoms with Gasteiger partial charge in [-0.3, -0.25) is 15.1 Å². The average Bonchev–Trinajstić information content (AvgIpc) is 3.10. The first kappa shape index (κ1) is 45.6. The van der Waals surface area contributed by atoms with E-state index in [1.165, 1.54) is 31.4 Å². The molecule has 1 aromatic heterocycles. The van der Waals surface area contributed by atoms with E-state index >= 15 is 0 Å². The fraction of sp³-hybridized carbons (Fsp3) is 0.613. The highest BCUT2D eigenvalue weighted by Crippen LogP contribution is 2.31. The van der Waals surface area contributed by atoms with E-state index in [0.29, 0.717) is 29.7 Å². The van der Waals surface area contributed by atoms with E-state index in [4.69, 9.17) is 32.7 Å². The number of nitro benzene ring substituents is 1. The molecule has 3 saturated heterocycles. The van der Waals surface area contributed by atoms with E-state index in [1.54, 1.807) is 21.9 Å². The number of non-ortho nitro benzene ring substituents is 1. The van der Waals surface area contributed by atoms with Crippen molar-refractivity contribution in [3.8, 4) is 5.75 Å². The summed E-state index contributed by atoms with van der Waals surface area (Å²) < 4.78 is 19.2. The van der Waals surface area contributed by atoms with Crippen LogP contribution in [0.25, 0.3) is 10.9 Å². The van der Waals surface area contributed by atoms with E-state index in [9.17, 15) is 24.5 Å². The lowest BCUT2D eigenvalue weighted by molar-refractivity contribution is -0.383. The second kappa shape index (κ2) is 25.5. The van der Waals surface area contributed by atoms with Crippen LogP contribution >= 0.6 is 34.8 Å². The third kappa shape index (κ3) is 17.6. The van der Waals surface area contributed by atoms with Gasteiger partial charge in [0.25, 0.3) is 5.69 Å². The minimum Gasteiger partial charge on any atom is -0.455 e. The van der Waals surface area contributed by atoms with Gasteiger partial charge >= 0.3 is 17.6 Å². The topological polar surface area (TPSA) is 172 Å². The molecule has 1 N–H and O–H groups in total. The number of aromatic nitrogens is 1. The number of halogens is 3. The molecule has 0 aliphatic carbocycles. The van der Waals surface area contributed by atoms with Crippen LogP contribution in [0.3, 0.4) is 0 Å². The maximum absolute atomic E-state index is 12.0. The van der Waals surface area contributed by atoms with Gasteiger partial charge in [0.1, 0.15) is 11.3 Å². The van der Waals surface area contributed by atoms with Crippen molar-refractivity contribution in [2.75, 3.05) is 119 Å². The number of nitrogens with one attached hydrogen (secondary N) is 1. The smallest absolute Gasteiger partial charge is 0.412 e. The Morgan fingerprint density at radius 3 is 1.75 bits per heavy atom. The first-order valence-corrected chi connectivity index (χ1v) is 17.1. The largest absolute Gasteiger partial charge is 0.455 e. The fourth-order valence-electron chi connectivity index (χ4n) is 4.58. The van der Waals surface area contributed by atoms with Crippen LogP contribution in [0.15, 0.2) is 30.5 Å². The molecule has 2 aromatic rings. The quantitative estimate of drug-likeness (QED) is 0.111. The number of fused-ring (bicyclic) bond motifs is 1. The van der Waals surface area contributed by atoms with Gasteiger partial charge in [0, 0.05) is 102 Å². The predicted molar refractivity (Wildman–Crippen MR) is 196 cm³/mol. The summed E-state index contributed by atoms with van der Waals surface area (Å²) >= 11 is 14.8. The average molecular weight is 784 g/mol. The van der Waals surface area contributed by atoms with Crippen LogP contribution < -0.4 is 10.1 Å². The molecule has 0 unspecified atom stereocenters. The first-order chi connectivity index (χ1) is 24.0. The zero-order valence-corrected chi connectivity index (χ0v) is 30.7. The van der Waals surface area contributed by atoms with E-state index in [2.05, 4.69) is 53.1 Å². The summed E-state index contributed by atoms with van der Waals surface area (Å²) in [6, 6.07) is 5.78. The number of amides is 2. The Balaban J connectivity index is 0.000000412. The molecule has 0 radical (unpaired) electrons. The summed E-state index contributed by atoms with van der Waals surface area (Å²) in [5.74, 6) is 0.326. The number of carbonyl (C=O) groups excluding carboxylic acids is 3. The number of hydrogen-bond donors (Lipinski definition) is 1. The van der Waals surface area contributed by atoms with Gasteiger partial charge in [-0.2, -0.15) is 0 Å². The second-order valence-corrected chi connectivity index (χ2v) is 11.8. The Bertz CT molecular complexity index is 1340. The molecule has 51 heavy (non-hydrogen) atoms. The fourth-order valence-corrected chi connectivity index (χ4v) is 4.88. The molecule has 0 saturated carbocycles. The molecular formula is C31H49Cl3N8O9. The van der Waals surface area contributed by atoms with Crippen LogP contribution in [0.1, 0.15) is 7.43 Å². The maximum Gasteiger partial charge on any atom is 0.412 e. The normalized spacial score (nSPS) is 16.4. The second-order valence-electron chi connectivity index (χ2n) is 11.1. The van der Waals surface area contributed by atoms with Crippen LogP contribution in [-0.4, -0.2) is 171 Å². The third-order valence-corrected chi connectivity index (χ3v) is 7.84. The predicted octanol–water partition coefficient (Wildman–Crippen LogP) is 4.15. The number of hydrogen-bond acceptors (Lipinski definition) is 14. The monoisotopic (exact) mass is 782 g/mol. The van der Waals surface area contributed by atoms with Crippen molar-refractivity contribution < 1.29 is 38.3 Å². The van der Waals surface area contributed by atoms with Gasteiger partial charge in [0.05, 0.1) is 10.3 Å². The number of alkyl halides is 2.